The van der Waals surface area contributed by atoms with Gasteiger partial charge in [0.05, 0.1) is 18.3 Å². The van der Waals surface area contributed by atoms with Crippen LogP contribution in [0.25, 0.3) is 0 Å². The fourth-order valence-electron chi connectivity index (χ4n) is 2.75. The number of nitrogens with zero attached hydrogens (tertiary/aromatic N) is 3. The van der Waals surface area contributed by atoms with Gasteiger partial charge in [-0.25, -0.2) is 4.98 Å². The van der Waals surface area contributed by atoms with Crippen molar-refractivity contribution >= 4 is 17.5 Å². The number of ether oxygens (including phenoxy) is 2. The Kier molecular flexibility index (Phi) is 6.13. The van der Waals surface area contributed by atoms with Crippen LogP contribution in [-0.2, 0) is 14.3 Å². The van der Waals surface area contributed by atoms with Gasteiger partial charge < -0.3 is 19.3 Å². The number of likely N-dealkylation sites (N-methyl/N-ethyl adjacent to an activating group) is 1. The SMILES string of the molecule is CC(=O)c1ccc(N2CC(COCC(=O)N(C)C)OC(C)(C)C2)nc1. The minimum atomic E-state index is -0.362. The smallest absolute Gasteiger partial charge is 0.248 e. The maximum Gasteiger partial charge on any atom is 0.248 e. The molecule has 0 N–H and O–H groups in total. The van der Waals surface area contributed by atoms with Crippen LogP contribution in [0.1, 0.15) is 31.1 Å². The third kappa shape index (κ3) is 5.51. The highest BCUT2D eigenvalue weighted by Crippen LogP contribution is 2.25. The summed E-state index contributed by atoms with van der Waals surface area (Å²) in [5, 5.41) is 0. The first-order valence-electron chi connectivity index (χ1n) is 8.35. The third-order valence-electron chi connectivity index (χ3n) is 3.99. The summed E-state index contributed by atoms with van der Waals surface area (Å²) in [6, 6.07) is 3.64. The average molecular weight is 349 g/mol. The Morgan fingerprint density at radius 1 is 1.40 bits per heavy atom. The van der Waals surface area contributed by atoms with Crippen LogP contribution in [0.2, 0.25) is 0 Å². The second-order valence-corrected chi connectivity index (χ2v) is 7.14. The molecule has 1 aliphatic heterocycles. The zero-order chi connectivity index (χ0) is 18.6. The first-order chi connectivity index (χ1) is 11.7. The molecule has 0 bridgehead atoms. The lowest BCUT2D eigenvalue weighted by Crippen LogP contribution is -2.54. The largest absolute Gasteiger partial charge is 0.369 e. The highest BCUT2D eigenvalue weighted by Gasteiger charge is 2.34. The molecule has 1 atom stereocenters. The second kappa shape index (κ2) is 7.93. The molecule has 138 valence electrons. The highest BCUT2D eigenvalue weighted by molar-refractivity contribution is 5.93. The summed E-state index contributed by atoms with van der Waals surface area (Å²) in [7, 11) is 3.40. The summed E-state index contributed by atoms with van der Waals surface area (Å²) >= 11 is 0. The maximum atomic E-state index is 11.6. The molecule has 25 heavy (non-hydrogen) atoms. The van der Waals surface area contributed by atoms with Gasteiger partial charge in [-0.15, -0.1) is 0 Å². The molecule has 0 aliphatic carbocycles. The van der Waals surface area contributed by atoms with Crippen molar-refractivity contribution in [3.05, 3.63) is 23.9 Å². The number of carbonyl (C=O) groups is 2. The van der Waals surface area contributed by atoms with Gasteiger partial charge in [-0.3, -0.25) is 9.59 Å². The van der Waals surface area contributed by atoms with E-state index in [1.807, 2.05) is 19.9 Å². The van der Waals surface area contributed by atoms with E-state index in [9.17, 15) is 9.59 Å². The number of amides is 1. The summed E-state index contributed by atoms with van der Waals surface area (Å²) < 4.78 is 11.6. The molecule has 1 saturated heterocycles. The average Bonchev–Trinajstić information content (AvgIpc) is 2.53. The zero-order valence-electron chi connectivity index (χ0n) is 15.6. The molecule has 0 aromatic carbocycles. The fourth-order valence-corrected chi connectivity index (χ4v) is 2.75. The molecule has 1 aromatic rings. The minimum absolute atomic E-state index is 0.00167. The molecule has 1 aromatic heterocycles. The lowest BCUT2D eigenvalue weighted by molar-refractivity contribution is -0.139. The van der Waals surface area contributed by atoms with Crippen LogP contribution >= 0.6 is 0 Å². The summed E-state index contributed by atoms with van der Waals surface area (Å²) in [6.45, 7) is 7.24. The van der Waals surface area contributed by atoms with Crippen LogP contribution in [0.3, 0.4) is 0 Å². The lowest BCUT2D eigenvalue weighted by Gasteiger charge is -2.43. The Hall–Kier alpha value is -1.99. The molecular weight excluding hydrogens is 322 g/mol. The van der Waals surface area contributed by atoms with Gasteiger partial charge in [0.1, 0.15) is 12.4 Å². The van der Waals surface area contributed by atoms with Crippen LogP contribution in [0, 0.1) is 0 Å². The molecule has 1 aliphatic rings. The van der Waals surface area contributed by atoms with Crippen molar-refractivity contribution in [3.63, 3.8) is 0 Å². The van der Waals surface area contributed by atoms with Crippen molar-refractivity contribution in [2.24, 2.45) is 0 Å². The Labute approximate surface area is 148 Å². The molecule has 2 rings (SSSR count). The summed E-state index contributed by atoms with van der Waals surface area (Å²) in [6.07, 6.45) is 1.44. The van der Waals surface area contributed by atoms with Crippen molar-refractivity contribution in [3.8, 4) is 0 Å². The van der Waals surface area contributed by atoms with E-state index in [1.165, 1.54) is 11.8 Å². The molecule has 2 heterocycles. The number of rotatable bonds is 6. The predicted molar refractivity (Wildman–Crippen MR) is 94.9 cm³/mol. The monoisotopic (exact) mass is 349 g/mol. The number of Topliss-reactive ketones (excluding diaryl/α,β-unsaturated/α-hetero) is 1. The van der Waals surface area contributed by atoms with Crippen LogP contribution < -0.4 is 4.90 Å². The first-order valence-corrected chi connectivity index (χ1v) is 8.35. The normalized spacial score (nSPS) is 19.6. The standard InChI is InChI=1S/C18H27N3O4/c1-13(22)14-6-7-16(19-8-14)21-9-15(25-18(2,3)12-21)10-24-11-17(23)20(4)5/h6-8,15H,9-12H2,1-5H3. The molecule has 1 amide bonds. The maximum absolute atomic E-state index is 11.6. The fraction of sp³-hybridized carbons (Fsp3) is 0.611. The van der Waals surface area contributed by atoms with Crippen LogP contribution in [0.15, 0.2) is 18.3 Å². The van der Waals surface area contributed by atoms with E-state index in [2.05, 4.69) is 9.88 Å². The van der Waals surface area contributed by atoms with E-state index in [0.717, 1.165) is 5.82 Å². The van der Waals surface area contributed by atoms with Crippen molar-refractivity contribution in [1.82, 2.24) is 9.88 Å². The van der Waals surface area contributed by atoms with Gasteiger partial charge in [0.25, 0.3) is 0 Å². The summed E-state index contributed by atoms with van der Waals surface area (Å²) in [4.78, 5) is 31.0. The van der Waals surface area contributed by atoms with Gasteiger partial charge in [-0.05, 0) is 32.9 Å². The van der Waals surface area contributed by atoms with Gasteiger partial charge in [0.15, 0.2) is 5.78 Å². The Morgan fingerprint density at radius 3 is 2.68 bits per heavy atom. The lowest BCUT2D eigenvalue weighted by atomic mass is 10.1. The van der Waals surface area contributed by atoms with Crippen molar-refractivity contribution < 1.29 is 19.1 Å². The molecule has 1 unspecified atom stereocenters. The number of aromatic nitrogens is 1. The number of anilines is 1. The highest BCUT2D eigenvalue weighted by atomic mass is 16.5. The van der Waals surface area contributed by atoms with E-state index < -0.39 is 0 Å². The summed E-state index contributed by atoms with van der Waals surface area (Å²) in [5.74, 6) is 0.724. The molecule has 7 heteroatoms. The molecule has 0 spiro atoms. The van der Waals surface area contributed by atoms with E-state index in [4.69, 9.17) is 9.47 Å². The van der Waals surface area contributed by atoms with E-state index in [1.54, 1.807) is 26.4 Å². The van der Waals surface area contributed by atoms with Crippen LogP contribution in [-0.4, -0.2) is 73.7 Å². The van der Waals surface area contributed by atoms with E-state index >= 15 is 0 Å². The van der Waals surface area contributed by atoms with Crippen molar-refractivity contribution in [1.29, 1.82) is 0 Å². The van der Waals surface area contributed by atoms with Crippen molar-refractivity contribution in [2.45, 2.75) is 32.5 Å². The molecule has 7 nitrogen and oxygen atoms in total. The van der Waals surface area contributed by atoms with E-state index in [0.29, 0.717) is 25.3 Å². The van der Waals surface area contributed by atoms with Crippen LogP contribution in [0.4, 0.5) is 5.82 Å². The summed E-state index contributed by atoms with van der Waals surface area (Å²) in [5.41, 5.74) is 0.233. The molecule has 0 radical (unpaired) electrons. The number of ketones is 1. The van der Waals surface area contributed by atoms with Gasteiger partial charge in [-0.2, -0.15) is 0 Å². The quantitative estimate of drug-likeness (QED) is 0.723. The van der Waals surface area contributed by atoms with Crippen LogP contribution in [0.5, 0.6) is 0 Å². The first kappa shape index (κ1) is 19.3. The van der Waals surface area contributed by atoms with Crippen molar-refractivity contribution in [2.75, 3.05) is 45.3 Å². The zero-order valence-corrected chi connectivity index (χ0v) is 15.6. The van der Waals surface area contributed by atoms with Gasteiger partial charge in [0, 0.05) is 38.9 Å². The Balaban J connectivity index is 2.00. The molecule has 0 saturated carbocycles. The van der Waals surface area contributed by atoms with Gasteiger partial charge in [0.2, 0.25) is 5.91 Å². The second-order valence-electron chi connectivity index (χ2n) is 7.14. The molecule has 1 fully saturated rings. The number of morpholine rings is 1. The number of hydrogen-bond acceptors (Lipinski definition) is 6. The number of hydrogen-bond donors (Lipinski definition) is 0. The van der Waals surface area contributed by atoms with E-state index in [-0.39, 0.29) is 30.0 Å². The third-order valence-corrected chi connectivity index (χ3v) is 3.99. The topological polar surface area (TPSA) is 72.0 Å². The predicted octanol–water partition coefficient (Wildman–Crippen LogP) is 1.37. The Morgan fingerprint density at radius 2 is 2.12 bits per heavy atom. The number of pyridine rings is 1. The van der Waals surface area contributed by atoms with Gasteiger partial charge in [-0.1, -0.05) is 0 Å². The molecular formula is C18H27N3O4. The number of carbonyl (C=O) groups excluding carboxylic acids is 2. The Bertz CT molecular complexity index is 613. The van der Waals surface area contributed by atoms with Gasteiger partial charge >= 0.3 is 0 Å². The minimum Gasteiger partial charge on any atom is -0.369 e.